The van der Waals surface area contributed by atoms with E-state index in [2.05, 4.69) is 0 Å². The van der Waals surface area contributed by atoms with Crippen molar-refractivity contribution >= 4 is 11.0 Å². The number of aliphatic hydroxyl groups is 8. The number of rotatable bonds is 9. The van der Waals surface area contributed by atoms with Crippen LogP contribution in [-0.2, 0) is 18.9 Å². The first-order chi connectivity index (χ1) is 23.3. The second-order valence-corrected chi connectivity index (χ2v) is 12.1. The number of aliphatic hydroxyl groups excluding tert-OH is 7. The van der Waals surface area contributed by atoms with Gasteiger partial charge in [0, 0.05) is 17.7 Å². The van der Waals surface area contributed by atoms with Crippen LogP contribution < -0.4 is 14.9 Å². The van der Waals surface area contributed by atoms with Gasteiger partial charge in [0.1, 0.15) is 70.4 Å². The molecule has 0 radical (unpaired) electrons. The molecule has 2 aromatic carbocycles. The molecule has 3 aromatic rings. The summed E-state index contributed by atoms with van der Waals surface area (Å²) < 4.78 is 39.7. The Morgan fingerprint density at radius 2 is 1.59 bits per heavy atom. The van der Waals surface area contributed by atoms with Crippen LogP contribution in [-0.4, -0.2) is 144 Å². The van der Waals surface area contributed by atoms with Crippen LogP contribution in [0.1, 0.15) is 6.92 Å². The van der Waals surface area contributed by atoms with E-state index in [1.165, 1.54) is 37.3 Å². The van der Waals surface area contributed by atoms with E-state index >= 15 is 0 Å². The topological polar surface area (TPSA) is 288 Å². The molecule has 1 aromatic heterocycles. The first-order valence-electron chi connectivity index (χ1n) is 15.1. The first-order valence-corrected chi connectivity index (χ1v) is 15.1. The van der Waals surface area contributed by atoms with Gasteiger partial charge < -0.3 is 83.9 Å². The largest absolute Gasteiger partial charge is 0.508 e. The van der Waals surface area contributed by atoms with E-state index < -0.39 is 115 Å². The molecule has 0 bridgehead atoms. The molecule has 268 valence electrons. The third-order valence-corrected chi connectivity index (χ3v) is 8.68. The van der Waals surface area contributed by atoms with E-state index in [1.54, 1.807) is 0 Å². The number of fused-ring (bicyclic) bond motifs is 1. The van der Waals surface area contributed by atoms with Crippen LogP contribution in [0.3, 0.4) is 0 Å². The Balaban J connectivity index is 1.38. The summed E-state index contributed by atoms with van der Waals surface area (Å²) >= 11 is 0. The summed E-state index contributed by atoms with van der Waals surface area (Å²) in [4.78, 5) is 14.0. The highest BCUT2D eigenvalue weighted by Gasteiger charge is 2.54. The van der Waals surface area contributed by atoms with E-state index in [-0.39, 0.29) is 28.4 Å². The molecule has 18 heteroatoms. The number of phenols is 2. The molecule has 0 amide bonds. The summed E-state index contributed by atoms with van der Waals surface area (Å²) in [7, 11) is 0. The number of hydrogen-bond donors (Lipinski definition) is 10. The lowest BCUT2D eigenvalue weighted by atomic mass is 10.00. The van der Waals surface area contributed by atoms with E-state index in [1.807, 2.05) is 0 Å². The van der Waals surface area contributed by atoms with Gasteiger partial charge in [-0.25, -0.2) is 0 Å². The fraction of sp³-hybridized carbons (Fsp3) is 0.516. The maximum Gasteiger partial charge on any atom is 0.239 e. The predicted octanol–water partition coefficient (Wildman–Crippen LogP) is -2.64. The first kappa shape index (κ1) is 35.2. The summed E-state index contributed by atoms with van der Waals surface area (Å²) in [6.07, 6.45) is -16.7. The van der Waals surface area contributed by atoms with Crippen LogP contribution in [0.4, 0.5) is 0 Å². The van der Waals surface area contributed by atoms with Crippen molar-refractivity contribution in [2.24, 2.45) is 0 Å². The Kier molecular flexibility index (Phi) is 9.76. The highest BCUT2D eigenvalue weighted by Crippen LogP contribution is 2.39. The lowest BCUT2D eigenvalue weighted by Gasteiger charge is -2.38. The number of hydrogen-bond acceptors (Lipinski definition) is 18. The normalized spacial score (nSPS) is 36.3. The molecule has 12 atom stereocenters. The molecule has 3 saturated heterocycles. The van der Waals surface area contributed by atoms with Crippen molar-refractivity contribution in [2.75, 3.05) is 19.8 Å². The molecular formula is C31H36O18. The molecule has 3 aliphatic rings. The molecule has 0 unspecified atom stereocenters. The molecule has 10 N–H and O–H groups in total. The fourth-order valence-corrected chi connectivity index (χ4v) is 5.75. The van der Waals surface area contributed by atoms with Gasteiger partial charge in [0.25, 0.3) is 0 Å². The molecule has 6 rings (SSSR count). The van der Waals surface area contributed by atoms with Gasteiger partial charge in [-0.2, -0.15) is 0 Å². The summed E-state index contributed by atoms with van der Waals surface area (Å²) in [5.41, 5.74) is -3.13. The van der Waals surface area contributed by atoms with Crippen molar-refractivity contribution in [1.82, 2.24) is 0 Å². The minimum atomic E-state index is -2.08. The molecular weight excluding hydrogens is 660 g/mol. The molecule has 4 heterocycles. The number of benzene rings is 2. The van der Waals surface area contributed by atoms with E-state index in [4.69, 9.17) is 32.8 Å². The Morgan fingerprint density at radius 3 is 2.24 bits per heavy atom. The van der Waals surface area contributed by atoms with Crippen LogP contribution in [0, 0.1) is 0 Å². The third kappa shape index (κ3) is 6.42. The van der Waals surface area contributed by atoms with Crippen molar-refractivity contribution in [1.29, 1.82) is 0 Å². The molecule has 0 spiro atoms. The lowest BCUT2D eigenvalue weighted by Crippen LogP contribution is -2.58. The SMILES string of the molecule is C[C@@H]1O[C@@H](Oc2cc(O)c3c(=O)c(O[C@@H]4O[C@@H](CO)[C@H](O)[C@H]4O[C@@H]4OC[C@](O)(CO)[C@H]4O)c(-c4ccc(O)cc4)oc3c2)[C@H](O)[C@H](O)[C@H]1O. The van der Waals surface area contributed by atoms with E-state index in [0.717, 1.165) is 6.07 Å². The number of phenolic OH excluding ortho intramolecular Hbond substituents is 2. The standard InChI is InChI=1S/C31H36O18/c1-11-19(36)22(39)23(40)28(44-11)45-14-6-15(35)18-16(7-14)46-24(12-2-4-13(34)5-3-12)25(21(18)38)48-29-26(20(37)17(8-32)47-29)49-30-27(41)31(42,9-33)10-43-30/h2-7,11,17,19-20,22-23,26-30,32-37,39-42H,8-10H2,1H3/t11-,17-,19-,20-,22+,23+,26+,27-,28-,29-,30-,31+/m0/s1. The average Bonchev–Trinajstić information content (AvgIpc) is 3.54. The quantitative estimate of drug-likeness (QED) is 0.109. The van der Waals surface area contributed by atoms with Gasteiger partial charge >= 0.3 is 0 Å². The molecule has 18 nitrogen and oxygen atoms in total. The molecule has 49 heavy (non-hydrogen) atoms. The third-order valence-electron chi connectivity index (χ3n) is 8.68. The van der Waals surface area contributed by atoms with Crippen molar-refractivity contribution in [3.8, 4) is 34.3 Å². The van der Waals surface area contributed by atoms with E-state index in [0.29, 0.717) is 0 Å². The Labute approximate surface area is 276 Å². The van der Waals surface area contributed by atoms with Crippen molar-refractivity contribution < 1.29 is 83.9 Å². The smallest absolute Gasteiger partial charge is 0.239 e. The van der Waals surface area contributed by atoms with Crippen molar-refractivity contribution in [2.45, 2.75) is 80.2 Å². The number of ether oxygens (including phenoxy) is 6. The summed E-state index contributed by atoms with van der Waals surface area (Å²) in [6, 6.07) is 7.51. The van der Waals surface area contributed by atoms with Gasteiger partial charge in [-0.3, -0.25) is 4.79 Å². The Bertz CT molecular complexity index is 1700. The lowest BCUT2D eigenvalue weighted by molar-refractivity contribution is -0.268. The second kappa shape index (κ2) is 13.6. The zero-order chi connectivity index (χ0) is 35.4. The van der Waals surface area contributed by atoms with Crippen molar-refractivity contribution in [3.05, 3.63) is 46.6 Å². The zero-order valence-electron chi connectivity index (χ0n) is 25.7. The van der Waals surface area contributed by atoms with Crippen LogP contribution in [0.25, 0.3) is 22.3 Å². The highest BCUT2D eigenvalue weighted by atomic mass is 16.8. The maximum atomic E-state index is 14.0. The molecule has 0 saturated carbocycles. The van der Waals surface area contributed by atoms with Gasteiger partial charge in [0.2, 0.25) is 23.8 Å². The minimum absolute atomic E-state index is 0.130. The van der Waals surface area contributed by atoms with Crippen LogP contribution >= 0.6 is 0 Å². The van der Waals surface area contributed by atoms with Crippen molar-refractivity contribution in [3.63, 3.8) is 0 Å². The molecule has 3 fully saturated rings. The Morgan fingerprint density at radius 1 is 0.878 bits per heavy atom. The fourth-order valence-electron chi connectivity index (χ4n) is 5.75. The average molecular weight is 697 g/mol. The van der Waals surface area contributed by atoms with Crippen LogP contribution in [0.15, 0.2) is 45.6 Å². The zero-order valence-corrected chi connectivity index (χ0v) is 25.7. The van der Waals surface area contributed by atoms with Gasteiger partial charge in [-0.1, -0.05) is 0 Å². The van der Waals surface area contributed by atoms with E-state index in [9.17, 15) is 55.9 Å². The monoisotopic (exact) mass is 696 g/mol. The Hall–Kier alpha value is -3.63. The summed E-state index contributed by atoms with van der Waals surface area (Å²) in [6.45, 7) is -0.683. The summed E-state index contributed by atoms with van der Waals surface area (Å²) in [5.74, 6) is -1.83. The van der Waals surface area contributed by atoms with Gasteiger partial charge in [-0.05, 0) is 31.2 Å². The summed E-state index contributed by atoms with van der Waals surface area (Å²) in [5, 5.41) is 102. The van der Waals surface area contributed by atoms with Gasteiger partial charge in [0.05, 0.1) is 25.9 Å². The number of aromatic hydroxyl groups is 2. The highest BCUT2D eigenvalue weighted by molar-refractivity contribution is 5.88. The van der Waals surface area contributed by atoms with Crippen LogP contribution in [0.2, 0.25) is 0 Å². The van der Waals surface area contributed by atoms with Crippen LogP contribution in [0.5, 0.6) is 23.0 Å². The van der Waals surface area contributed by atoms with Gasteiger partial charge in [-0.15, -0.1) is 0 Å². The molecule has 0 aliphatic carbocycles. The second-order valence-electron chi connectivity index (χ2n) is 12.1. The predicted molar refractivity (Wildman–Crippen MR) is 159 cm³/mol. The maximum absolute atomic E-state index is 14.0. The van der Waals surface area contributed by atoms with Gasteiger partial charge in [0.15, 0.2) is 18.2 Å². The molecule has 3 aliphatic heterocycles. The minimum Gasteiger partial charge on any atom is -0.508 e.